The van der Waals surface area contributed by atoms with Gasteiger partial charge in [0.2, 0.25) is 0 Å². The Balaban J connectivity index is 1.68. The third kappa shape index (κ3) is 6.03. The van der Waals surface area contributed by atoms with Crippen molar-refractivity contribution in [2.24, 2.45) is 0 Å². The van der Waals surface area contributed by atoms with Gasteiger partial charge in [0.05, 0.1) is 18.4 Å². The zero-order valence-electron chi connectivity index (χ0n) is 22.1. The molecule has 0 unspecified atom stereocenters. The van der Waals surface area contributed by atoms with Crippen molar-refractivity contribution in [2.75, 3.05) is 64.6 Å². The molecule has 2 amide bonds. The summed E-state index contributed by atoms with van der Waals surface area (Å²) in [5.41, 5.74) is 4.75. The average Bonchev–Trinajstić information content (AvgIpc) is 2.89. The molecule has 0 radical (unpaired) electrons. The van der Waals surface area contributed by atoms with Crippen LogP contribution < -0.4 is 19.7 Å². The summed E-state index contributed by atoms with van der Waals surface area (Å²) in [5, 5.41) is 3.05. The Bertz CT molecular complexity index is 1280. The summed E-state index contributed by atoms with van der Waals surface area (Å²) in [7, 11) is 6.99. The lowest BCUT2D eigenvalue weighted by Crippen LogP contribution is -2.44. The highest BCUT2D eigenvalue weighted by molar-refractivity contribution is 6.09. The standard InChI is InChI=1S/C29H34N4O4/c1-20-8-6-7-9-23(20)24-12-11-22(37-29(35)31(2)3)19-25(24)28(34)30-21-10-13-27(36-5)26(18-21)33-16-14-32(4)15-17-33/h6-13,18-19H,14-17H2,1-5H3,(H,30,34). The number of benzene rings is 3. The first-order valence-electron chi connectivity index (χ1n) is 12.3. The lowest BCUT2D eigenvalue weighted by molar-refractivity contribution is 0.102. The van der Waals surface area contributed by atoms with Gasteiger partial charge in [-0.1, -0.05) is 24.3 Å². The van der Waals surface area contributed by atoms with E-state index in [-0.39, 0.29) is 5.91 Å². The molecule has 1 aliphatic heterocycles. The van der Waals surface area contributed by atoms with Crippen molar-refractivity contribution < 1.29 is 19.1 Å². The van der Waals surface area contributed by atoms with Gasteiger partial charge >= 0.3 is 6.09 Å². The number of aryl methyl sites for hydroxylation is 1. The third-order valence-electron chi connectivity index (χ3n) is 6.52. The number of hydrogen-bond acceptors (Lipinski definition) is 6. The predicted molar refractivity (Wildman–Crippen MR) is 147 cm³/mol. The Kier molecular flexibility index (Phi) is 7.98. The first-order chi connectivity index (χ1) is 17.8. The van der Waals surface area contributed by atoms with Gasteiger partial charge in [-0.2, -0.15) is 0 Å². The van der Waals surface area contributed by atoms with Crippen molar-refractivity contribution >= 4 is 23.4 Å². The molecule has 0 aliphatic carbocycles. The monoisotopic (exact) mass is 502 g/mol. The van der Waals surface area contributed by atoms with Crippen LogP contribution in [0.3, 0.4) is 0 Å². The quantitative estimate of drug-likeness (QED) is 0.525. The molecule has 37 heavy (non-hydrogen) atoms. The number of carbonyl (C=O) groups is 2. The topological polar surface area (TPSA) is 74.3 Å². The lowest BCUT2D eigenvalue weighted by atomic mass is 9.95. The largest absolute Gasteiger partial charge is 0.495 e. The predicted octanol–water partition coefficient (Wildman–Crippen LogP) is 4.74. The van der Waals surface area contributed by atoms with E-state index in [9.17, 15) is 9.59 Å². The van der Waals surface area contributed by atoms with E-state index in [0.717, 1.165) is 54.3 Å². The number of rotatable bonds is 6. The van der Waals surface area contributed by atoms with E-state index in [1.807, 2.05) is 55.5 Å². The molecule has 1 N–H and O–H groups in total. The summed E-state index contributed by atoms with van der Waals surface area (Å²) in [4.78, 5) is 31.7. The smallest absolute Gasteiger partial charge is 0.414 e. The van der Waals surface area contributed by atoms with Gasteiger partial charge in [0.25, 0.3) is 5.91 Å². The van der Waals surface area contributed by atoms with Gasteiger partial charge in [-0.25, -0.2) is 4.79 Å². The maximum atomic E-state index is 13.7. The molecule has 0 bridgehead atoms. The van der Waals surface area contributed by atoms with Gasteiger partial charge in [0.1, 0.15) is 11.5 Å². The fourth-order valence-corrected chi connectivity index (χ4v) is 4.34. The van der Waals surface area contributed by atoms with E-state index in [1.54, 1.807) is 33.3 Å². The minimum absolute atomic E-state index is 0.296. The Morgan fingerprint density at radius 3 is 2.32 bits per heavy atom. The molecule has 1 fully saturated rings. The van der Waals surface area contributed by atoms with Crippen molar-refractivity contribution in [3.8, 4) is 22.6 Å². The highest BCUT2D eigenvalue weighted by atomic mass is 16.6. The number of nitrogens with zero attached hydrogens (tertiary/aromatic N) is 3. The number of anilines is 2. The minimum Gasteiger partial charge on any atom is -0.495 e. The van der Waals surface area contributed by atoms with Crippen molar-refractivity contribution in [1.82, 2.24) is 9.80 Å². The number of hydrogen-bond donors (Lipinski definition) is 1. The summed E-state index contributed by atoms with van der Waals surface area (Å²) in [6, 6.07) is 18.7. The minimum atomic E-state index is -0.512. The van der Waals surface area contributed by atoms with Crippen LogP contribution in [0.2, 0.25) is 0 Å². The molecular weight excluding hydrogens is 468 g/mol. The molecule has 0 saturated carbocycles. The summed E-state index contributed by atoms with van der Waals surface area (Å²) in [5.74, 6) is 0.769. The van der Waals surface area contributed by atoms with E-state index < -0.39 is 6.09 Å². The fourth-order valence-electron chi connectivity index (χ4n) is 4.34. The molecule has 1 aliphatic rings. The van der Waals surface area contributed by atoms with Gasteiger partial charge in [0.15, 0.2) is 0 Å². The number of amides is 2. The van der Waals surface area contributed by atoms with E-state index in [2.05, 4.69) is 22.2 Å². The number of ether oxygens (including phenoxy) is 2. The second-order valence-electron chi connectivity index (χ2n) is 9.42. The SMILES string of the molecule is COc1ccc(NC(=O)c2cc(OC(=O)N(C)C)ccc2-c2ccccc2C)cc1N1CCN(C)CC1. The first-order valence-corrected chi connectivity index (χ1v) is 12.3. The van der Waals surface area contributed by atoms with Crippen LogP contribution in [0.4, 0.5) is 16.2 Å². The van der Waals surface area contributed by atoms with Crippen LogP contribution in [-0.2, 0) is 0 Å². The molecule has 4 rings (SSSR count). The second-order valence-corrected chi connectivity index (χ2v) is 9.42. The van der Waals surface area contributed by atoms with Gasteiger partial charge < -0.3 is 29.5 Å². The van der Waals surface area contributed by atoms with Crippen molar-refractivity contribution in [1.29, 1.82) is 0 Å². The summed E-state index contributed by atoms with van der Waals surface area (Å²) >= 11 is 0. The maximum absolute atomic E-state index is 13.7. The zero-order chi connectivity index (χ0) is 26.5. The molecule has 0 spiro atoms. The molecule has 8 heteroatoms. The summed E-state index contributed by atoms with van der Waals surface area (Å²) in [6.45, 7) is 5.67. The van der Waals surface area contributed by atoms with Crippen molar-refractivity contribution in [3.05, 3.63) is 71.8 Å². The van der Waals surface area contributed by atoms with Crippen LogP contribution >= 0.6 is 0 Å². The van der Waals surface area contributed by atoms with Gasteiger partial charge in [-0.3, -0.25) is 4.79 Å². The number of methoxy groups -OCH3 is 1. The van der Waals surface area contributed by atoms with Gasteiger partial charge in [-0.05, 0) is 67.1 Å². The average molecular weight is 503 g/mol. The molecule has 0 aromatic heterocycles. The van der Waals surface area contributed by atoms with Gasteiger partial charge in [-0.15, -0.1) is 0 Å². The van der Waals surface area contributed by atoms with E-state index in [0.29, 0.717) is 17.0 Å². The van der Waals surface area contributed by atoms with Crippen LogP contribution in [0.5, 0.6) is 11.5 Å². The van der Waals surface area contributed by atoms with Crippen LogP contribution in [0.1, 0.15) is 15.9 Å². The number of likely N-dealkylation sites (N-methyl/N-ethyl adjacent to an activating group) is 1. The Morgan fingerprint density at radius 1 is 0.919 bits per heavy atom. The molecular formula is C29H34N4O4. The Labute approximate surface area is 218 Å². The molecule has 0 atom stereocenters. The number of nitrogens with one attached hydrogen (secondary N) is 1. The van der Waals surface area contributed by atoms with Crippen LogP contribution in [0.25, 0.3) is 11.1 Å². The molecule has 1 heterocycles. The van der Waals surface area contributed by atoms with Crippen molar-refractivity contribution in [3.63, 3.8) is 0 Å². The molecule has 1 saturated heterocycles. The summed E-state index contributed by atoms with van der Waals surface area (Å²) < 4.78 is 11.1. The maximum Gasteiger partial charge on any atom is 0.414 e. The van der Waals surface area contributed by atoms with E-state index >= 15 is 0 Å². The van der Waals surface area contributed by atoms with Crippen LogP contribution in [-0.4, -0.2) is 76.2 Å². The third-order valence-corrected chi connectivity index (χ3v) is 6.52. The lowest BCUT2D eigenvalue weighted by Gasteiger charge is -2.35. The number of carbonyl (C=O) groups excluding carboxylic acids is 2. The first kappa shape index (κ1) is 26.0. The van der Waals surface area contributed by atoms with Gasteiger partial charge in [0, 0.05) is 46.0 Å². The highest BCUT2D eigenvalue weighted by Crippen LogP contribution is 2.34. The number of piperazine rings is 1. The molecule has 3 aromatic rings. The highest BCUT2D eigenvalue weighted by Gasteiger charge is 2.21. The zero-order valence-corrected chi connectivity index (χ0v) is 22.1. The summed E-state index contributed by atoms with van der Waals surface area (Å²) in [6.07, 6.45) is -0.512. The van der Waals surface area contributed by atoms with E-state index in [1.165, 1.54) is 4.90 Å². The Morgan fingerprint density at radius 2 is 1.65 bits per heavy atom. The fraction of sp³-hybridized carbons (Fsp3) is 0.310. The molecule has 194 valence electrons. The second kappa shape index (κ2) is 11.3. The van der Waals surface area contributed by atoms with Crippen molar-refractivity contribution in [2.45, 2.75) is 6.92 Å². The molecule has 8 nitrogen and oxygen atoms in total. The molecule has 3 aromatic carbocycles. The normalized spacial score (nSPS) is 13.7. The van der Waals surface area contributed by atoms with E-state index in [4.69, 9.17) is 9.47 Å². The van der Waals surface area contributed by atoms with Crippen LogP contribution in [0, 0.1) is 6.92 Å². The van der Waals surface area contributed by atoms with Crippen LogP contribution in [0.15, 0.2) is 60.7 Å². The Hall–Kier alpha value is -4.04.